The number of hydrogen-bond acceptors (Lipinski definition) is 28. The number of carboxylic acid groups (broad SMARTS) is 2. The number of aliphatic hydroxyl groups excluding tert-OH is 7. The Kier molecular flexibility index (Phi) is 21.1. The van der Waals surface area contributed by atoms with Crippen molar-refractivity contribution in [2.24, 2.45) is 5.73 Å². The van der Waals surface area contributed by atoms with E-state index in [1.807, 2.05) is 0 Å². The van der Waals surface area contributed by atoms with E-state index in [1.54, 1.807) is 0 Å². The number of carbonyl (C=O) groups excluding carboxylic acids is 6. The number of phenols is 4. The molecule has 36 nitrogen and oxygen atoms in total. The van der Waals surface area contributed by atoms with Gasteiger partial charge in [-0.05, 0) is 108 Å². The van der Waals surface area contributed by atoms with Gasteiger partial charge in [0.25, 0.3) is 0 Å². The molecule has 8 heterocycles. The molecule has 18 atom stereocenters. The Bertz CT molecular complexity index is 4840. The van der Waals surface area contributed by atoms with Crippen LogP contribution in [-0.4, -0.2) is 201 Å². The number of amides is 6. The van der Waals surface area contributed by atoms with E-state index < -0.39 is 265 Å². The normalized spacial score (nSPS) is 28.2. The lowest BCUT2D eigenvalue weighted by Crippen LogP contribution is -2.64. The first kappa shape index (κ1) is 75.9. The molecule has 38 heteroatoms. The molecular formula is C71H66Cl2N8O28. The van der Waals surface area contributed by atoms with Gasteiger partial charge in [-0.15, -0.1) is 0 Å². The largest absolute Gasteiger partial charge is 0.508 e. The molecule has 8 unspecified atom stereocenters. The number of aliphatic carboxylic acids is 2. The van der Waals surface area contributed by atoms with E-state index in [4.69, 9.17) is 62.1 Å². The van der Waals surface area contributed by atoms with Crippen molar-refractivity contribution >= 4 is 70.6 Å². The molecule has 7 aromatic rings. The third-order valence-corrected chi connectivity index (χ3v) is 19.6. The van der Waals surface area contributed by atoms with E-state index in [-0.39, 0.29) is 28.4 Å². The molecule has 6 amide bonds. The van der Waals surface area contributed by atoms with E-state index in [1.165, 1.54) is 49.5 Å². The number of phenolic OH excluding ortho intramolecular Hbond substituents is 4. The molecular weight excluding hydrogens is 1480 g/mol. The fourth-order valence-electron chi connectivity index (χ4n) is 13.3. The molecule has 17 bridgehead atoms. The Morgan fingerprint density at radius 2 is 1.18 bits per heavy atom. The lowest BCUT2D eigenvalue weighted by Gasteiger charge is -2.40. The maximum Gasteiger partial charge on any atom is 0.335 e. The van der Waals surface area contributed by atoms with Crippen molar-refractivity contribution in [3.05, 3.63) is 164 Å². The standard InChI is InChI=1S/C71H66Cl2N8O28/c1-75-48-25-5-10-37(85)40(15-25)104-30-20-33(46(73)38(86)21-30)51-66(97)78-50-27-16-42(103-29-7-2-23(3-8-29)12-35(62(93)79-51)76-63(48)94)60(108-70-47(74)56(89)58(91)61(109-70)69(101)102)43(17-27)105-39-11-6-26(14-34(39)72)54(87)53-67(98)80-52(68(99)100)32-18-28(83)19-41(106-71-59(92)57(90)55(88)44(22-82)107-71)45(32)31-13-24(4-9-36(31)84)49(64(95)81-53)77-65(50)96/h2-11,13-21,35,44,47-59,61,70-71,75,82-92H,12,22,74H2,1H3,(H,76,94)(H,77,96)(H,78,97)(H,79,93)(H,80,98)(H,81,95)(H,99,100)(H,101,102)/t35?,44-,47-,48?,49?,50?,51?,52?,53?,54?,55-,56-,57+,58+,59+,61+,70-,71+/m1/s1. The number of nitrogens with two attached hydrogens (primary N) is 1. The van der Waals surface area contributed by atoms with Gasteiger partial charge in [0.1, 0.15) is 119 Å². The summed E-state index contributed by atoms with van der Waals surface area (Å²) in [6.45, 7) is -0.985. The van der Waals surface area contributed by atoms with Crippen LogP contribution < -0.4 is 66.6 Å². The molecule has 0 radical (unpaired) electrons. The van der Waals surface area contributed by atoms with Crippen LogP contribution in [-0.2, 0) is 54.3 Å². The molecule has 2 saturated heterocycles. The van der Waals surface area contributed by atoms with Crippen LogP contribution in [0.15, 0.2) is 115 Å². The van der Waals surface area contributed by atoms with E-state index in [0.717, 1.165) is 72.8 Å². The van der Waals surface area contributed by atoms with E-state index in [2.05, 4.69) is 37.2 Å². The Morgan fingerprint density at radius 3 is 1.87 bits per heavy atom. The van der Waals surface area contributed by atoms with Crippen molar-refractivity contribution in [3.63, 3.8) is 0 Å². The second-order valence-corrected chi connectivity index (χ2v) is 26.8. The summed E-state index contributed by atoms with van der Waals surface area (Å²) >= 11 is 14.0. The number of benzene rings is 7. The monoisotopic (exact) mass is 1550 g/mol. The molecule has 0 saturated carbocycles. The average molecular weight is 1550 g/mol. The van der Waals surface area contributed by atoms with Crippen LogP contribution in [0.1, 0.15) is 75.3 Å². The number of fused-ring (bicyclic) bond motifs is 14. The molecule has 2 fully saturated rings. The van der Waals surface area contributed by atoms with Crippen LogP contribution in [0, 0.1) is 0 Å². The molecule has 0 aliphatic carbocycles. The molecule has 109 heavy (non-hydrogen) atoms. The smallest absolute Gasteiger partial charge is 0.335 e. The highest BCUT2D eigenvalue weighted by Crippen LogP contribution is 2.50. The molecule has 572 valence electrons. The zero-order chi connectivity index (χ0) is 78.0. The Balaban J connectivity index is 1.06. The lowest BCUT2D eigenvalue weighted by molar-refractivity contribution is -0.277. The Labute approximate surface area is 623 Å². The fourth-order valence-corrected chi connectivity index (χ4v) is 13.7. The maximum atomic E-state index is 16.4. The number of nitrogens with one attached hydrogen (secondary N) is 7. The van der Waals surface area contributed by atoms with Crippen molar-refractivity contribution in [2.75, 3.05) is 13.7 Å². The van der Waals surface area contributed by atoms with Crippen LogP contribution in [0.3, 0.4) is 0 Å². The van der Waals surface area contributed by atoms with Gasteiger partial charge in [-0.25, -0.2) is 9.59 Å². The zero-order valence-corrected chi connectivity index (χ0v) is 57.6. The first-order chi connectivity index (χ1) is 51.9. The van der Waals surface area contributed by atoms with E-state index in [0.29, 0.717) is 5.56 Å². The van der Waals surface area contributed by atoms with Gasteiger partial charge in [-0.2, -0.15) is 0 Å². The van der Waals surface area contributed by atoms with Gasteiger partial charge in [0, 0.05) is 40.8 Å². The number of aromatic hydroxyl groups is 4. The predicted molar refractivity (Wildman–Crippen MR) is 368 cm³/mol. The highest BCUT2D eigenvalue weighted by atomic mass is 35.5. The van der Waals surface area contributed by atoms with Crippen molar-refractivity contribution in [1.29, 1.82) is 0 Å². The predicted octanol–water partition coefficient (Wildman–Crippen LogP) is 0.250. The van der Waals surface area contributed by atoms with Crippen molar-refractivity contribution < 1.29 is 138 Å². The Hall–Kier alpha value is -11.4. The van der Waals surface area contributed by atoms with E-state index in [9.17, 15) is 80.8 Å². The molecule has 0 spiro atoms. The number of halogens is 2. The number of rotatable bonds is 8. The number of likely N-dealkylation sites (N-methyl/N-ethyl adjacent to an activating group) is 1. The molecule has 15 rings (SSSR count). The summed E-state index contributed by atoms with van der Waals surface area (Å²) < 4.78 is 42.9. The highest BCUT2D eigenvalue weighted by molar-refractivity contribution is 6.33. The summed E-state index contributed by atoms with van der Waals surface area (Å²) in [5.74, 6) is -18.5. The van der Waals surface area contributed by atoms with Crippen LogP contribution in [0.5, 0.6) is 69.0 Å². The minimum atomic E-state index is -2.42. The van der Waals surface area contributed by atoms with E-state index >= 15 is 24.0 Å². The third-order valence-electron chi connectivity index (χ3n) is 18.9. The van der Waals surface area contributed by atoms with Crippen molar-refractivity contribution in [1.82, 2.24) is 37.2 Å². The lowest BCUT2D eigenvalue weighted by atomic mass is 9.89. The number of ether oxygens (including phenoxy) is 7. The molecule has 0 aromatic heterocycles. The molecule has 8 aliphatic heterocycles. The van der Waals surface area contributed by atoms with Crippen molar-refractivity contribution in [2.45, 2.75) is 116 Å². The first-order valence-electron chi connectivity index (χ1n) is 33.1. The second kappa shape index (κ2) is 30.4. The van der Waals surface area contributed by atoms with Crippen LogP contribution >= 0.6 is 23.2 Å². The number of carboxylic acids is 2. The first-order valence-corrected chi connectivity index (χ1v) is 33.8. The number of aliphatic hydroxyl groups is 7. The van der Waals surface area contributed by atoms with Gasteiger partial charge in [0.05, 0.1) is 22.7 Å². The van der Waals surface area contributed by atoms with Crippen molar-refractivity contribution in [3.8, 4) is 80.1 Å². The number of carbonyl (C=O) groups is 8. The zero-order valence-electron chi connectivity index (χ0n) is 56.0. The minimum Gasteiger partial charge on any atom is -0.508 e. The topological polar surface area (TPSA) is 574 Å². The van der Waals surface area contributed by atoms with Crippen LogP contribution in [0.25, 0.3) is 11.1 Å². The Morgan fingerprint density at radius 1 is 0.541 bits per heavy atom. The summed E-state index contributed by atoms with van der Waals surface area (Å²) in [4.78, 5) is 120. The van der Waals surface area contributed by atoms with Gasteiger partial charge in [0.15, 0.2) is 35.1 Å². The summed E-state index contributed by atoms with van der Waals surface area (Å²) in [5.41, 5.74) is 3.24. The number of hydrogen-bond donors (Lipinski definition) is 21. The fraction of sp³-hybridized carbons (Fsp3) is 0.296. The summed E-state index contributed by atoms with van der Waals surface area (Å²) in [7, 11) is 1.42. The van der Waals surface area contributed by atoms with Gasteiger partial charge in [-0.3, -0.25) is 28.8 Å². The highest BCUT2D eigenvalue weighted by Gasteiger charge is 2.50. The van der Waals surface area contributed by atoms with Gasteiger partial charge in [-0.1, -0.05) is 53.5 Å². The molecule has 7 aromatic carbocycles. The SMILES string of the molecule is CNC1C(=O)NC2Cc3ccc(cc3)Oc3cc4cc(c3O[C@@H]3O[C@H](C(=O)O)[C@@H](O)[C@H](O)[C@H]3N)Oc3ccc(cc3Cl)C(O)C3NC(=O)C(NC(=O)C4NC(=O)C(NC2=O)c2cc(cc(O)c2Cl)Oc2cc1ccc2O)c1ccc(O)c(c1)-c1c(O[C@H]2O[C@H](CO)[C@@H](O)[C@H](O)[C@@H]2O)cc(O)cc1C(C(=O)O)NC3=O. The maximum absolute atomic E-state index is 16.4. The van der Waals surface area contributed by atoms with Gasteiger partial charge >= 0.3 is 11.9 Å². The minimum absolute atomic E-state index is 0.130. The quantitative estimate of drug-likeness (QED) is 0.0969. The van der Waals surface area contributed by atoms with Crippen LogP contribution in [0.2, 0.25) is 10.0 Å². The van der Waals surface area contributed by atoms with Gasteiger partial charge in [0.2, 0.25) is 53.8 Å². The molecule has 8 aliphatic rings. The van der Waals surface area contributed by atoms with Crippen LogP contribution in [0.4, 0.5) is 0 Å². The summed E-state index contributed by atoms with van der Waals surface area (Å²) in [5, 5.41) is 162. The summed E-state index contributed by atoms with van der Waals surface area (Å²) in [6, 6.07) is 4.60. The second-order valence-electron chi connectivity index (χ2n) is 26.0. The summed E-state index contributed by atoms with van der Waals surface area (Å²) in [6.07, 6.45) is -21.3. The van der Waals surface area contributed by atoms with Gasteiger partial charge < -0.3 is 142 Å². The molecule has 22 N–H and O–H groups in total. The average Bonchev–Trinajstić information content (AvgIpc) is 0.763. The third kappa shape index (κ3) is 14.8.